The first-order chi connectivity index (χ1) is 8.16. The van der Waals surface area contributed by atoms with Crippen LogP contribution in [-0.4, -0.2) is 24.9 Å². The van der Waals surface area contributed by atoms with E-state index in [1.165, 1.54) is 5.56 Å². The second-order valence-corrected chi connectivity index (χ2v) is 12.3. The van der Waals surface area contributed by atoms with E-state index in [4.69, 9.17) is 5.73 Å². The standard InChI is InChI=1S/C15H27NOSi/c1-15(2,3)18(4,5)14(17)13(16)11-12-9-7-6-8-10-12/h6-10,13-14,17H,11,16H2,1-5H3/t13-,14?/m0/s1. The Kier molecular flexibility index (Phi) is 4.76. The highest BCUT2D eigenvalue weighted by molar-refractivity contribution is 6.81. The molecule has 3 N–H and O–H groups in total. The van der Waals surface area contributed by atoms with Crippen molar-refractivity contribution in [3.63, 3.8) is 0 Å². The topological polar surface area (TPSA) is 46.2 Å². The highest BCUT2D eigenvalue weighted by Crippen LogP contribution is 2.38. The number of hydrogen-bond acceptors (Lipinski definition) is 2. The van der Waals surface area contributed by atoms with Crippen molar-refractivity contribution in [1.82, 2.24) is 0 Å². The van der Waals surface area contributed by atoms with Gasteiger partial charge in [-0.2, -0.15) is 0 Å². The van der Waals surface area contributed by atoms with Gasteiger partial charge in [-0.15, -0.1) is 0 Å². The third kappa shape index (κ3) is 3.43. The summed E-state index contributed by atoms with van der Waals surface area (Å²) in [7, 11) is -1.79. The lowest BCUT2D eigenvalue weighted by Crippen LogP contribution is -2.57. The lowest BCUT2D eigenvalue weighted by atomic mass is 10.1. The van der Waals surface area contributed by atoms with Crippen LogP contribution in [0.1, 0.15) is 26.3 Å². The van der Waals surface area contributed by atoms with Gasteiger partial charge in [0.05, 0.1) is 13.8 Å². The molecule has 0 saturated heterocycles. The molecule has 0 bridgehead atoms. The fourth-order valence-electron chi connectivity index (χ4n) is 1.98. The van der Waals surface area contributed by atoms with E-state index in [9.17, 15) is 5.11 Å². The molecule has 0 fully saturated rings. The monoisotopic (exact) mass is 265 g/mol. The Balaban J connectivity index is 2.76. The second kappa shape index (κ2) is 5.55. The summed E-state index contributed by atoms with van der Waals surface area (Å²) in [6.07, 6.45) is 0.745. The molecule has 0 aliphatic heterocycles. The molecule has 0 spiro atoms. The van der Waals surface area contributed by atoms with Gasteiger partial charge in [-0.1, -0.05) is 64.2 Å². The minimum Gasteiger partial charge on any atom is -0.395 e. The molecule has 0 aromatic heterocycles. The van der Waals surface area contributed by atoms with Crippen LogP contribution in [0, 0.1) is 0 Å². The zero-order valence-corrected chi connectivity index (χ0v) is 13.3. The van der Waals surface area contributed by atoms with Gasteiger partial charge >= 0.3 is 0 Å². The van der Waals surface area contributed by atoms with Crippen molar-refractivity contribution < 1.29 is 5.11 Å². The molecule has 0 heterocycles. The van der Waals surface area contributed by atoms with Crippen LogP contribution in [0.3, 0.4) is 0 Å². The lowest BCUT2D eigenvalue weighted by Gasteiger charge is -2.42. The molecule has 0 aliphatic rings. The lowest BCUT2D eigenvalue weighted by molar-refractivity contribution is 0.205. The van der Waals surface area contributed by atoms with Crippen molar-refractivity contribution in [3.05, 3.63) is 35.9 Å². The van der Waals surface area contributed by atoms with Crippen molar-refractivity contribution in [1.29, 1.82) is 0 Å². The highest BCUT2D eigenvalue weighted by Gasteiger charge is 2.43. The Morgan fingerprint density at radius 3 is 2.11 bits per heavy atom. The van der Waals surface area contributed by atoms with Gasteiger partial charge in [0.1, 0.15) is 0 Å². The van der Waals surface area contributed by atoms with Crippen LogP contribution in [0.5, 0.6) is 0 Å². The molecule has 1 aromatic carbocycles. The third-order valence-electron chi connectivity index (χ3n) is 4.39. The molecule has 2 atom stereocenters. The Labute approximate surface area is 112 Å². The summed E-state index contributed by atoms with van der Waals surface area (Å²) < 4.78 is 0. The summed E-state index contributed by atoms with van der Waals surface area (Å²) in [6.45, 7) is 11.1. The largest absolute Gasteiger partial charge is 0.395 e. The fraction of sp³-hybridized carbons (Fsp3) is 0.600. The first-order valence-electron chi connectivity index (χ1n) is 6.64. The van der Waals surface area contributed by atoms with Crippen LogP contribution in [0.25, 0.3) is 0 Å². The van der Waals surface area contributed by atoms with Gasteiger partial charge in [-0.05, 0) is 17.0 Å². The molecule has 1 rings (SSSR count). The average Bonchev–Trinajstić information content (AvgIpc) is 2.27. The number of benzene rings is 1. The normalized spacial score (nSPS) is 16.4. The smallest absolute Gasteiger partial charge is 0.0885 e. The van der Waals surface area contributed by atoms with E-state index in [1.54, 1.807) is 0 Å². The minimum atomic E-state index is -1.79. The predicted octanol–water partition coefficient (Wildman–Crippen LogP) is 2.97. The third-order valence-corrected chi connectivity index (χ3v) is 10.2. The molecule has 1 aromatic rings. The van der Waals surface area contributed by atoms with Crippen LogP contribution in [-0.2, 0) is 6.42 Å². The summed E-state index contributed by atoms with van der Waals surface area (Å²) in [5.74, 6) is 0. The van der Waals surface area contributed by atoms with Gasteiger partial charge in [0.25, 0.3) is 0 Å². The molecule has 0 saturated carbocycles. The van der Waals surface area contributed by atoms with Crippen LogP contribution in [0.2, 0.25) is 18.1 Å². The molecule has 2 nitrogen and oxygen atoms in total. The van der Waals surface area contributed by atoms with Gasteiger partial charge in [-0.3, -0.25) is 0 Å². The van der Waals surface area contributed by atoms with E-state index in [0.29, 0.717) is 0 Å². The zero-order chi connectivity index (χ0) is 14.0. The summed E-state index contributed by atoms with van der Waals surface area (Å²) in [5.41, 5.74) is 7.04. The minimum absolute atomic E-state index is 0.153. The maximum absolute atomic E-state index is 10.6. The molecule has 3 heteroatoms. The summed E-state index contributed by atoms with van der Waals surface area (Å²) >= 11 is 0. The summed E-state index contributed by atoms with van der Waals surface area (Å²) in [5, 5.41) is 10.7. The SMILES string of the molecule is CC(C)(C)[Si](C)(C)C(O)[C@@H](N)Cc1ccccc1. The summed E-state index contributed by atoms with van der Waals surface area (Å²) in [4.78, 5) is 0. The van der Waals surface area contributed by atoms with E-state index in [0.717, 1.165) is 6.42 Å². The molecule has 18 heavy (non-hydrogen) atoms. The number of hydrogen-bond donors (Lipinski definition) is 2. The van der Waals surface area contributed by atoms with Crippen LogP contribution in [0.15, 0.2) is 30.3 Å². The van der Waals surface area contributed by atoms with Gasteiger partial charge in [-0.25, -0.2) is 0 Å². The molecule has 0 aliphatic carbocycles. The van der Waals surface area contributed by atoms with E-state index >= 15 is 0 Å². The van der Waals surface area contributed by atoms with Crippen LogP contribution < -0.4 is 5.73 Å². The Bertz CT molecular complexity index is 370. The second-order valence-electron chi connectivity index (χ2n) is 6.77. The van der Waals surface area contributed by atoms with E-state index < -0.39 is 8.07 Å². The van der Waals surface area contributed by atoms with Crippen molar-refractivity contribution in [3.8, 4) is 0 Å². The molecule has 0 radical (unpaired) electrons. The van der Waals surface area contributed by atoms with Crippen molar-refractivity contribution in [2.24, 2.45) is 5.73 Å². The maximum atomic E-state index is 10.6. The van der Waals surface area contributed by atoms with Crippen LogP contribution in [0.4, 0.5) is 0 Å². The Hall–Kier alpha value is -0.643. The first kappa shape index (κ1) is 15.4. The van der Waals surface area contributed by atoms with Crippen molar-refractivity contribution >= 4 is 8.07 Å². The highest BCUT2D eigenvalue weighted by atomic mass is 28.3. The fourth-order valence-corrected chi connectivity index (χ4v) is 4.05. The number of nitrogens with two attached hydrogens (primary N) is 1. The zero-order valence-electron chi connectivity index (χ0n) is 12.3. The first-order valence-corrected chi connectivity index (χ1v) is 9.71. The number of rotatable bonds is 4. The van der Waals surface area contributed by atoms with Crippen molar-refractivity contribution in [2.45, 2.75) is 57.1 Å². The molecular weight excluding hydrogens is 238 g/mol. The van der Waals surface area contributed by atoms with Gasteiger partial charge in [0.2, 0.25) is 0 Å². The van der Waals surface area contributed by atoms with Gasteiger partial charge in [0.15, 0.2) is 0 Å². The Morgan fingerprint density at radius 2 is 1.67 bits per heavy atom. The van der Waals surface area contributed by atoms with Crippen LogP contribution >= 0.6 is 0 Å². The van der Waals surface area contributed by atoms with Crippen molar-refractivity contribution in [2.75, 3.05) is 0 Å². The quantitative estimate of drug-likeness (QED) is 0.822. The molecular formula is C15H27NOSi. The Morgan fingerprint density at radius 1 is 1.17 bits per heavy atom. The molecule has 0 amide bonds. The molecule has 102 valence electrons. The van der Waals surface area contributed by atoms with Gasteiger partial charge < -0.3 is 10.8 Å². The van der Waals surface area contributed by atoms with Gasteiger partial charge in [0, 0.05) is 6.04 Å². The predicted molar refractivity (Wildman–Crippen MR) is 81.3 cm³/mol. The van der Waals surface area contributed by atoms with E-state index in [2.05, 4.69) is 46.0 Å². The maximum Gasteiger partial charge on any atom is 0.0885 e. The van der Waals surface area contributed by atoms with E-state index in [-0.39, 0.29) is 16.8 Å². The molecule has 1 unspecified atom stereocenters. The average molecular weight is 265 g/mol. The number of aliphatic hydroxyl groups excluding tert-OH is 1. The number of aliphatic hydroxyl groups is 1. The van der Waals surface area contributed by atoms with E-state index in [1.807, 2.05) is 18.2 Å². The summed E-state index contributed by atoms with van der Waals surface area (Å²) in [6, 6.07) is 9.99.